The van der Waals surface area contributed by atoms with Gasteiger partial charge in [-0.1, -0.05) is 36.5 Å². The van der Waals surface area contributed by atoms with E-state index in [2.05, 4.69) is 0 Å². The van der Waals surface area contributed by atoms with Crippen molar-refractivity contribution >= 4 is 46.3 Å². The summed E-state index contributed by atoms with van der Waals surface area (Å²) in [5.41, 5.74) is 0.822. The van der Waals surface area contributed by atoms with Crippen molar-refractivity contribution in [2.45, 2.75) is 45.6 Å². The summed E-state index contributed by atoms with van der Waals surface area (Å²) in [5, 5.41) is 10.4. The van der Waals surface area contributed by atoms with E-state index in [1.54, 1.807) is 18.1 Å². The van der Waals surface area contributed by atoms with Crippen LogP contribution in [-0.4, -0.2) is 40.9 Å². The zero-order valence-corrected chi connectivity index (χ0v) is 17.9. The molecule has 0 unspecified atom stereocenters. The summed E-state index contributed by atoms with van der Waals surface area (Å²) in [6, 6.07) is 5.51. The highest BCUT2D eigenvalue weighted by Crippen LogP contribution is 2.35. The molecule has 1 fully saturated rings. The molecule has 1 aromatic carbocycles. The second kappa shape index (κ2) is 10.5. The van der Waals surface area contributed by atoms with E-state index < -0.39 is 5.97 Å². The number of benzene rings is 1. The SMILES string of the molecule is COc1cc(/C=C2\SC(=S)N(CCCCCC(=O)[O-])C2=O)ccc1OC(C)C. The summed E-state index contributed by atoms with van der Waals surface area (Å²) in [7, 11) is 1.58. The number of thioether (sulfide) groups is 1. The molecule has 1 saturated heterocycles. The molecule has 1 aliphatic rings. The molecule has 1 heterocycles. The second-order valence-electron chi connectivity index (χ2n) is 6.59. The number of aliphatic carboxylic acids is 1. The van der Waals surface area contributed by atoms with Crippen molar-refractivity contribution in [3.8, 4) is 11.5 Å². The first-order valence-corrected chi connectivity index (χ1v) is 10.3. The number of nitrogens with zero attached hydrogens (tertiary/aromatic N) is 1. The fraction of sp³-hybridized carbons (Fsp3) is 0.450. The van der Waals surface area contributed by atoms with Crippen LogP contribution in [0.4, 0.5) is 0 Å². The van der Waals surface area contributed by atoms with Gasteiger partial charge in [-0.3, -0.25) is 9.69 Å². The van der Waals surface area contributed by atoms with Crippen LogP contribution in [0.15, 0.2) is 23.1 Å². The van der Waals surface area contributed by atoms with Gasteiger partial charge in [-0.2, -0.15) is 0 Å². The quantitative estimate of drug-likeness (QED) is 0.326. The molecule has 0 bridgehead atoms. The highest BCUT2D eigenvalue weighted by molar-refractivity contribution is 8.26. The number of ether oxygens (including phenoxy) is 2. The van der Waals surface area contributed by atoms with E-state index >= 15 is 0 Å². The maximum atomic E-state index is 12.6. The topological polar surface area (TPSA) is 78.9 Å². The van der Waals surface area contributed by atoms with Crippen LogP contribution in [0.1, 0.15) is 45.1 Å². The Morgan fingerprint density at radius 3 is 2.68 bits per heavy atom. The number of rotatable bonds is 10. The first-order chi connectivity index (χ1) is 13.3. The average molecular weight is 423 g/mol. The third-order valence-electron chi connectivity index (χ3n) is 3.98. The monoisotopic (exact) mass is 422 g/mol. The summed E-state index contributed by atoms with van der Waals surface area (Å²) in [6.45, 7) is 4.37. The molecule has 0 spiro atoms. The molecule has 6 nitrogen and oxygen atoms in total. The number of hydrogen-bond donors (Lipinski definition) is 0. The van der Waals surface area contributed by atoms with Crippen LogP contribution in [0.2, 0.25) is 0 Å². The Kier molecular flexibility index (Phi) is 8.32. The van der Waals surface area contributed by atoms with Gasteiger partial charge in [0, 0.05) is 12.5 Å². The van der Waals surface area contributed by atoms with E-state index in [0.29, 0.717) is 46.5 Å². The van der Waals surface area contributed by atoms with Crippen LogP contribution >= 0.6 is 24.0 Å². The van der Waals surface area contributed by atoms with Crippen molar-refractivity contribution in [3.63, 3.8) is 0 Å². The molecular formula is C20H24NO5S2-. The maximum Gasteiger partial charge on any atom is 0.266 e. The summed E-state index contributed by atoms with van der Waals surface area (Å²) >= 11 is 6.59. The highest BCUT2D eigenvalue weighted by Gasteiger charge is 2.31. The molecule has 0 radical (unpaired) electrons. The summed E-state index contributed by atoms with van der Waals surface area (Å²) in [5.74, 6) is 0.0785. The van der Waals surface area contributed by atoms with Crippen molar-refractivity contribution < 1.29 is 24.2 Å². The Morgan fingerprint density at radius 2 is 2.04 bits per heavy atom. The first-order valence-electron chi connectivity index (χ1n) is 9.11. The molecule has 0 atom stereocenters. The van der Waals surface area contributed by atoms with Crippen LogP contribution in [0.5, 0.6) is 11.5 Å². The number of unbranched alkanes of at least 4 members (excludes halogenated alkanes) is 2. The summed E-state index contributed by atoms with van der Waals surface area (Å²) in [4.78, 5) is 25.2. The Bertz CT molecular complexity index is 776. The zero-order chi connectivity index (χ0) is 20.7. The maximum absolute atomic E-state index is 12.6. The first kappa shape index (κ1) is 22.2. The van der Waals surface area contributed by atoms with Gasteiger partial charge in [-0.15, -0.1) is 0 Å². The molecule has 0 saturated carbocycles. The molecule has 28 heavy (non-hydrogen) atoms. The Balaban J connectivity index is 2.03. The van der Waals surface area contributed by atoms with Crippen LogP contribution < -0.4 is 14.6 Å². The van der Waals surface area contributed by atoms with Gasteiger partial charge < -0.3 is 19.4 Å². The van der Waals surface area contributed by atoms with Crippen LogP contribution in [-0.2, 0) is 9.59 Å². The fourth-order valence-electron chi connectivity index (χ4n) is 2.69. The average Bonchev–Trinajstić information content (AvgIpc) is 2.89. The van der Waals surface area contributed by atoms with E-state index in [4.69, 9.17) is 21.7 Å². The lowest BCUT2D eigenvalue weighted by Gasteiger charge is -2.14. The van der Waals surface area contributed by atoms with E-state index in [1.165, 1.54) is 11.8 Å². The van der Waals surface area contributed by atoms with Crippen molar-refractivity contribution in [2.24, 2.45) is 0 Å². The van der Waals surface area contributed by atoms with Crippen molar-refractivity contribution in [1.82, 2.24) is 4.90 Å². The number of carbonyl (C=O) groups is 2. The molecule has 0 aromatic heterocycles. The van der Waals surface area contributed by atoms with Crippen molar-refractivity contribution in [1.29, 1.82) is 0 Å². The number of hydrogen-bond acceptors (Lipinski definition) is 7. The number of methoxy groups -OCH3 is 1. The third-order valence-corrected chi connectivity index (χ3v) is 5.36. The van der Waals surface area contributed by atoms with Gasteiger partial charge in [0.25, 0.3) is 5.91 Å². The largest absolute Gasteiger partial charge is 0.550 e. The van der Waals surface area contributed by atoms with Crippen LogP contribution in [0.25, 0.3) is 6.08 Å². The van der Waals surface area contributed by atoms with Gasteiger partial charge in [0.1, 0.15) is 4.32 Å². The van der Waals surface area contributed by atoms with E-state index in [1.807, 2.05) is 32.0 Å². The molecule has 152 valence electrons. The molecule has 0 aliphatic carbocycles. The minimum atomic E-state index is -1.05. The Morgan fingerprint density at radius 1 is 1.29 bits per heavy atom. The van der Waals surface area contributed by atoms with Crippen LogP contribution in [0.3, 0.4) is 0 Å². The molecule has 1 aromatic rings. The molecule has 1 aliphatic heterocycles. The minimum absolute atomic E-state index is 0.0303. The van der Waals surface area contributed by atoms with Gasteiger partial charge in [0.05, 0.1) is 18.1 Å². The standard InChI is InChI=1S/C20H25NO5S2/c1-13(2)26-15-9-8-14(11-16(15)25-3)12-17-19(24)21(20(27)28-17)10-6-4-5-7-18(22)23/h8-9,11-13H,4-7,10H2,1-3H3,(H,22,23)/p-1/b17-12-. The van der Waals surface area contributed by atoms with Crippen LogP contribution in [0, 0.1) is 0 Å². The van der Waals surface area contributed by atoms with Gasteiger partial charge in [0.15, 0.2) is 11.5 Å². The number of amides is 1. The third kappa shape index (κ3) is 6.24. The molecular weight excluding hydrogens is 398 g/mol. The lowest BCUT2D eigenvalue weighted by Crippen LogP contribution is -2.29. The highest BCUT2D eigenvalue weighted by atomic mass is 32.2. The van der Waals surface area contributed by atoms with Gasteiger partial charge in [-0.05, 0) is 56.9 Å². The predicted molar refractivity (Wildman–Crippen MR) is 112 cm³/mol. The number of carboxylic acid groups (broad SMARTS) is 1. The van der Waals surface area contributed by atoms with Gasteiger partial charge >= 0.3 is 0 Å². The van der Waals surface area contributed by atoms with Crippen molar-refractivity contribution in [2.75, 3.05) is 13.7 Å². The normalized spacial score (nSPS) is 15.6. The Labute approximate surface area is 174 Å². The zero-order valence-electron chi connectivity index (χ0n) is 16.2. The van der Waals surface area contributed by atoms with E-state index in [0.717, 1.165) is 5.56 Å². The second-order valence-corrected chi connectivity index (χ2v) is 8.27. The number of carboxylic acids is 1. The molecule has 8 heteroatoms. The predicted octanol–water partition coefficient (Wildman–Crippen LogP) is 2.99. The summed E-state index contributed by atoms with van der Waals surface area (Å²) < 4.78 is 11.6. The lowest BCUT2D eigenvalue weighted by atomic mass is 10.1. The Hall–Kier alpha value is -2.06. The summed E-state index contributed by atoms with van der Waals surface area (Å²) in [6.07, 6.45) is 3.80. The number of carbonyl (C=O) groups excluding carboxylic acids is 2. The van der Waals surface area contributed by atoms with Crippen molar-refractivity contribution in [3.05, 3.63) is 28.7 Å². The van der Waals surface area contributed by atoms with Gasteiger partial charge in [0.2, 0.25) is 0 Å². The lowest BCUT2D eigenvalue weighted by molar-refractivity contribution is -0.305. The molecule has 0 N–H and O–H groups in total. The molecule has 1 amide bonds. The molecule has 2 rings (SSSR count). The number of thiocarbonyl (C=S) groups is 1. The smallest absolute Gasteiger partial charge is 0.266 e. The fourth-order valence-corrected chi connectivity index (χ4v) is 3.99. The minimum Gasteiger partial charge on any atom is -0.550 e. The van der Waals surface area contributed by atoms with E-state index in [9.17, 15) is 14.7 Å². The van der Waals surface area contributed by atoms with Gasteiger partial charge in [-0.25, -0.2) is 0 Å². The van der Waals surface area contributed by atoms with E-state index in [-0.39, 0.29) is 18.4 Å².